The highest BCUT2D eigenvalue weighted by Crippen LogP contribution is 2.13. The molecule has 0 radical (unpaired) electrons. The summed E-state index contributed by atoms with van der Waals surface area (Å²) in [6, 6.07) is 9.25. The molecule has 5 N–H and O–H groups in total. The molecule has 41 heavy (non-hydrogen) atoms. The zero-order valence-electron chi connectivity index (χ0n) is 26.2. The number of rotatable bonds is 28. The molecule has 238 valence electrons. The average molecular weight is 595 g/mol. The topological polar surface area (TPSA) is 96.2 Å². The van der Waals surface area contributed by atoms with Gasteiger partial charge in [-0.25, -0.2) is 0 Å². The van der Waals surface area contributed by atoms with Gasteiger partial charge in [-0.2, -0.15) is 0 Å². The molecule has 0 spiro atoms. The lowest BCUT2D eigenvalue weighted by Gasteiger charge is -2.19. The van der Waals surface area contributed by atoms with Crippen molar-refractivity contribution in [1.82, 2.24) is 16.0 Å². The number of nitrogens with two attached hydrogens (primary N) is 1. The lowest BCUT2D eigenvalue weighted by Crippen LogP contribution is -2.48. The fraction of sp³-hybridized carbons (Fsp3) is 0.765. The summed E-state index contributed by atoms with van der Waals surface area (Å²) in [4.78, 5) is 25.2. The van der Waals surface area contributed by atoms with Crippen LogP contribution in [0.2, 0.25) is 0 Å². The summed E-state index contributed by atoms with van der Waals surface area (Å²) in [6.45, 7) is 5.19. The van der Waals surface area contributed by atoms with Gasteiger partial charge in [0.1, 0.15) is 6.04 Å². The molecule has 1 atom stereocenters. The highest BCUT2D eigenvalue weighted by molar-refractivity contribution is 5.87. The second-order valence-electron chi connectivity index (χ2n) is 11.4. The number of unbranched alkanes of at least 4 members (excludes halogenated alkanes) is 15. The Morgan fingerprint density at radius 1 is 0.683 bits per heavy atom. The Balaban J connectivity index is 0.0000160. The molecule has 0 aliphatic rings. The number of halogens is 1. The van der Waals surface area contributed by atoms with Crippen molar-refractivity contribution in [2.45, 2.75) is 141 Å². The van der Waals surface area contributed by atoms with Gasteiger partial charge in [0.05, 0.1) is 0 Å². The predicted octanol–water partition coefficient (Wildman–Crippen LogP) is 7.23. The number of benzene rings is 1. The van der Waals surface area contributed by atoms with E-state index in [1.165, 1.54) is 103 Å². The minimum Gasteiger partial charge on any atom is -0.354 e. The first-order valence-electron chi connectivity index (χ1n) is 16.7. The maximum Gasteiger partial charge on any atom is 0.242 e. The van der Waals surface area contributed by atoms with Crippen molar-refractivity contribution in [3.05, 3.63) is 35.9 Å². The van der Waals surface area contributed by atoms with Gasteiger partial charge < -0.3 is 21.7 Å². The van der Waals surface area contributed by atoms with Crippen molar-refractivity contribution in [3.63, 3.8) is 0 Å². The summed E-state index contributed by atoms with van der Waals surface area (Å²) < 4.78 is 0. The Morgan fingerprint density at radius 2 is 1.20 bits per heavy atom. The van der Waals surface area contributed by atoms with Crippen molar-refractivity contribution in [2.24, 2.45) is 5.73 Å². The molecule has 1 aromatic carbocycles. The van der Waals surface area contributed by atoms with Crippen LogP contribution in [0.4, 0.5) is 0 Å². The van der Waals surface area contributed by atoms with Crippen LogP contribution in [0.1, 0.15) is 134 Å². The lowest BCUT2D eigenvalue weighted by molar-refractivity contribution is -0.129. The van der Waals surface area contributed by atoms with E-state index in [2.05, 4.69) is 22.9 Å². The number of hydrogen-bond acceptors (Lipinski definition) is 4. The zero-order chi connectivity index (χ0) is 28.9. The maximum atomic E-state index is 12.6. The molecule has 0 heterocycles. The molecule has 0 saturated heterocycles. The molecular formula is C34H63ClN4O2. The van der Waals surface area contributed by atoms with Crippen LogP contribution in [-0.4, -0.2) is 44.0 Å². The second kappa shape index (κ2) is 29.8. The fourth-order valence-electron chi connectivity index (χ4n) is 5.06. The van der Waals surface area contributed by atoms with Gasteiger partial charge in [-0.1, -0.05) is 134 Å². The van der Waals surface area contributed by atoms with Crippen LogP contribution in [0.5, 0.6) is 0 Å². The van der Waals surface area contributed by atoms with E-state index in [4.69, 9.17) is 5.73 Å². The molecular weight excluding hydrogens is 532 g/mol. The van der Waals surface area contributed by atoms with Gasteiger partial charge in [0.15, 0.2) is 0 Å². The van der Waals surface area contributed by atoms with Crippen LogP contribution in [0.25, 0.3) is 0 Å². The number of hydrogen-bond donors (Lipinski definition) is 4. The molecule has 0 saturated carbocycles. The van der Waals surface area contributed by atoms with E-state index in [-0.39, 0.29) is 24.2 Å². The third kappa shape index (κ3) is 24.7. The number of nitrogens with one attached hydrogen (secondary N) is 3. The Kier molecular flexibility index (Phi) is 28.7. The standard InChI is InChI=1S/C34H62N4O2.ClH/c1-2-3-4-5-6-7-8-9-10-11-12-13-14-15-16-20-27-36-28-21-25-33(39)38-32(34(40)37-29-22-26-35)30-31-23-18-17-19-24-31;/h17-19,23-24,32,36H,2-16,20-22,25-30,35H2,1H3,(H,37,40)(H,38,39);1H/t32-;/m0./s1. The molecule has 0 aliphatic carbocycles. The third-order valence-electron chi connectivity index (χ3n) is 7.58. The summed E-state index contributed by atoms with van der Waals surface area (Å²) in [5, 5.41) is 9.31. The van der Waals surface area contributed by atoms with Crippen molar-refractivity contribution in [3.8, 4) is 0 Å². The second-order valence-corrected chi connectivity index (χ2v) is 11.4. The highest BCUT2D eigenvalue weighted by atomic mass is 35.5. The fourth-order valence-corrected chi connectivity index (χ4v) is 5.06. The maximum absolute atomic E-state index is 12.6. The summed E-state index contributed by atoms with van der Waals surface area (Å²) >= 11 is 0. The van der Waals surface area contributed by atoms with E-state index in [0.717, 1.165) is 31.5 Å². The van der Waals surface area contributed by atoms with Gasteiger partial charge in [-0.05, 0) is 44.5 Å². The minimum atomic E-state index is -0.564. The Hall–Kier alpha value is -1.63. The lowest BCUT2D eigenvalue weighted by atomic mass is 10.0. The molecule has 1 rings (SSSR count). The summed E-state index contributed by atoms with van der Waals surface area (Å²) in [7, 11) is 0. The summed E-state index contributed by atoms with van der Waals surface area (Å²) in [6.07, 6.45) is 24.6. The SMILES string of the molecule is CCCCCCCCCCCCCCCCCCNCCCC(=O)N[C@@H](Cc1ccccc1)C(=O)NCCCN.Cl. The first-order chi connectivity index (χ1) is 19.7. The van der Waals surface area contributed by atoms with E-state index in [1.54, 1.807) is 0 Å². The van der Waals surface area contributed by atoms with Gasteiger partial charge in [-0.15, -0.1) is 12.4 Å². The molecule has 0 aromatic heterocycles. The summed E-state index contributed by atoms with van der Waals surface area (Å²) in [5.41, 5.74) is 6.56. The van der Waals surface area contributed by atoms with Crippen molar-refractivity contribution in [2.75, 3.05) is 26.2 Å². The Morgan fingerprint density at radius 3 is 1.73 bits per heavy atom. The Labute approximate surface area is 258 Å². The van der Waals surface area contributed by atoms with E-state index in [9.17, 15) is 9.59 Å². The average Bonchev–Trinajstić information content (AvgIpc) is 2.96. The van der Waals surface area contributed by atoms with Crippen LogP contribution in [0.15, 0.2) is 30.3 Å². The molecule has 0 aliphatic heterocycles. The van der Waals surface area contributed by atoms with Crippen LogP contribution < -0.4 is 21.7 Å². The van der Waals surface area contributed by atoms with Gasteiger partial charge in [0.2, 0.25) is 11.8 Å². The molecule has 2 amide bonds. The highest BCUT2D eigenvalue weighted by Gasteiger charge is 2.20. The van der Waals surface area contributed by atoms with E-state index < -0.39 is 6.04 Å². The Bertz CT molecular complexity index is 720. The monoisotopic (exact) mass is 594 g/mol. The molecule has 1 aromatic rings. The van der Waals surface area contributed by atoms with Crippen LogP contribution >= 0.6 is 12.4 Å². The molecule has 0 fully saturated rings. The molecule has 7 heteroatoms. The van der Waals surface area contributed by atoms with Crippen molar-refractivity contribution < 1.29 is 9.59 Å². The van der Waals surface area contributed by atoms with Gasteiger partial charge in [0.25, 0.3) is 0 Å². The van der Waals surface area contributed by atoms with Crippen LogP contribution in [-0.2, 0) is 16.0 Å². The smallest absolute Gasteiger partial charge is 0.242 e. The molecule has 6 nitrogen and oxygen atoms in total. The van der Waals surface area contributed by atoms with Crippen LogP contribution in [0.3, 0.4) is 0 Å². The van der Waals surface area contributed by atoms with Crippen LogP contribution in [0, 0.1) is 0 Å². The number of amides is 2. The third-order valence-corrected chi connectivity index (χ3v) is 7.58. The summed E-state index contributed by atoms with van der Waals surface area (Å²) in [5.74, 6) is -0.216. The van der Waals surface area contributed by atoms with E-state index in [0.29, 0.717) is 25.9 Å². The molecule has 0 bridgehead atoms. The van der Waals surface area contributed by atoms with Gasteiger partial charge in [0, 0.05) is 19.4 Å². The quantitative estimate of drug-likeness (QED) is 0.0769. The van der Waals surface area contributed by atoms with Gasteiger partial charge >= 0.3 is 0 Å². The molecule has 0 unspecified atom stereocenters. The predicted molar refractivity (Wildman–Crippen MR) is 178 cm³/mol. The van der Waals surface area contributed by atoms with Gasteiger partial charge in [-0.3, -0.25) is 9.59 Å². The first-order valence-corrected chi connectivity index (χ1v) is 16.7. The van der Waals surface area contributed by atoms with Crippen molar-refractivity contribution in [1.29, 1.82) is 0 Å². The number of carbonyl (C=O) groups excluding carboxylic acids is 2. The zero-order valence-corrected chi connectivity index (χ0v) is 27.1. The van der Waals surface area contributed by atoms with E-state index in [1.807, 2.05) is 30.3 Å². The normalized spacial score (nSPS) is 11.6. The largest absolute Gasteiger partial charge is 0.354 e. The number of carbonyl (C=O) groups is 2. The first kappa shape index (κ1) is 39.4. The minimum absolute atomic E-state index is 0. The van der Waals surface area contributed by atoms with E-state index >= 15 is 0 Å². The van der Waals surface area contributed by atoms with Crippen molar-refractivity contribution >= 4 is 24.2 Å².